The maximum atomic E-state index is 12.5. The molecular formula is C9H18F2N2. The van der Waals surface area contributed by atoms with Crippen LogP contribution in [0.15, 0.2) is 0 Å². The van der Waals surface area contributed by atoms with Gasteiger partial charge in [-0.1, -0.05) is 0 Å². The molecular weight excluding hydrogens is 174 g/mol. The Kier molecular flexibility index (Phi) is 3.62. The highest BCUT2D eigenvalue weighted by molar-refractivity contribution is 4.77. The maximum Gasteiger partial charge on any atom is 0.246 e. The van der Waals surface area contributed by atoms with E-state index in [4.69, 9.17) is 0 Å². The van der Waals surface area contributed by atoms with E-state index in [0.717, 1.165) is 26.6 Å². The largest absolute Gasteiger partial charge is 0.316 e. The lowest BCUT2D eigenvalue weighted by atomic mass is 10.0. The fourth-order valence-electron chi connectivity index (χ4n) is 1.40. The van der Waals surface area contributed by atoms with Crippen molar-refractivity contribution in [3.05, 3.63) is 0 Å². The SMILES string of the molecule is CN(CCC(C)(F)F)CC1CNC1. The van der Waals surface area contributed by atoms with Crippen LogP contribution in [0.4, 0.5) is 8.78 Å². The number of nitrogens with zero attached hydrogens (tertiary/aromatic N) is 1. The molecule has 0 amide bonds. The third-order valence-electron chi connectivity index (χ3n) is 2.37. The van der Waals surface area contributed by atoms with Gasteiger partial charge in [-0.25, -0.2) is 8.78 Å². The molecule has 0 radical (unpaired) electrons. The molecule has 0 atom stereocenters. The summed E-state index contributed by atoms with van der Waals surface area (Å²) in [5, 5.41) is 3.16. The van der Waals surface area contributed by atoms with E-state index in [9.17, 15) is 8.78 Å². The number of halogens is 2. The second kappa shape index (κ2) is 4.33. The minimum atomic E-state index is -2.52. The second-order valence-electron chi connectivity index (χ2n) is 4.11. The molecule has 0 bridgehead atoms. The van der Waals surface area contributed by atoms with Crippen LogP contribution in [0.3, 0.4) is 0 Å². The minimum absolute atomic E-state index is 0.0380. The quantitative estimate of drug-likeness (QED) is 0.703. The summed E-state index contributed by atoms with van der Waals surface area (Å²) in [6, 6.07) is 0. The number of nitrogens with one attached hydrogen (secondary N) is 1. The first-order valence-electron chi connectivity index (χ1n) is 4.74. The average Bonchev–Trinajstić information content (AvgIpc) is 1.91. The first kappa shape index (κ1) is 10.9. The summed E-state index contributed by atoms with van der Waals surface area (Å²) in [5.41, 5.74) is 0. The highest BCUT2D eigenvalue weighted by atomic mass is 19.3. The van der Waals surface area contributed by atoms with Crippen LogP contribution >= 0.6 is 0 Å². The molecule has 78 valence electrons. The van der Waals surface area contributed by atoms with Gasteiger partial charge in [0.2, 0.25) is 5.92 Å². The normalized spacial score (nSPS) is 19.2. The highest BCUT2D eigenvalue weighted by Crippen LogP contribution is 2.17. The van der Waals surface area contributed by atoms with Crippen LogP contribution < -0.4 is 5.32 Å². The number of hydrogen-bond donors (Lipinski definition) is 1. The van der Waals surface area contributed by atoms with E-state index in [0.29, 0.717) is 12.5 Å². The first-order chi connectivity index (χ1) is 5.97. The summed E-state index contributed by atoms with van der Waals surface area (Å²) < 4.78 is 25.0. The molecule has 0 saturated carbocycles. The maximum absolute atomic E-state index is 12.5. The Morgan fingerprint density at radius 1 is 1.46 bits per heavy atom. The van der Waals surface area contributed by atoms with Crippen molar-refractivity contribution in [1.82, 2.24) is 10.2 Å². The molecule has 0 aromatic carbocycles. The lowest BCUT2D eigenvalue weighted by molar-refractivity contribution is 0.00366. The Morgan fingerprint density at radius 3 is 2.46 bits per heavy atom. The van der Waals surface area contributed by atoms with E-state index in [1.165, 1.54) is 0 Å². The third-order valence-corrected chi connectivity index (χ3v) is 2.37. The van der Waals surface area contributed by atoms with Crippen LogP contribution in [0.2, 0.25) is 0 Å². The zero-order chi connectivity index (χ0) is 9.90. The van der Waals surface area contributed by atoms with Gasteiger partial charge in [-0.2, -0.15) is 0 Å². The van der Waals surface area contributed by atoms with Gasteiger partial charge in [-0.15, -0.1) is 0 Å². The molecule has 1 aliphatic rings. The predicted molar refractivity (Wildman–Crippen MR) is 49.1 cm³/mol. The minimum Gasteiger partial charge on any atom is -0.316 e. The second-order valence-corrected chi connectivity index (χ2v) is 4.11. The molecule has 2 nitrogen and oxygen atoms in total. The first-order valence-corrected chi connectivity index (χ1v) is 4.74. The summed E-state index contributed by atoms with van der Waals surface area (Å²) in [5.74, 6) is -1.86. The van der Waals surface area contributed by atoms with Crippen molar-refractivity contribution in [2.75, 3.05) is 33.2 Å². The predicted octanol–water partition coefficient (Wildman–Crippen LogP) is 1.18. The molecule has 13 heavy (non-hydrogen) atoms. The molecule has 1 aliphatic heterocycles. The van der Waals surface area contributed by atoms with E-state index < -0.39 is 5.92 Å². The standard InChI is InChI=1S/C9H18F2N2/c1-9(10,11)3-4-13(2)7-8-5-12-6-8/h8,12H,3-7H2,1-2H3. The van der Waals surface area contributed by atoms with E-state index >= 15 is 0 Å². The van der Waals surface area contributed by atoms with Crippen molar-refractivity contribution in [2.24, 2.45) is 5.92 Å². The van der Waals surface area contributed by atoms with Gasteiger partial charge in [-0.05, 0) is 19.9 Å². The van der Waals surface area contributed by atoms with Crippen LogP contribution in [-0.2, 0) is 0 Å². The van der Waals surface area contributed by atoms with Gasteiger partial charge in [-0.3, -0.25) is 0 Å². The van der Waals surface area contributed by atoms with Gasteiger partial charge in [0.15, 0.2) is 0 Å². The third kappa shape index (κ3) is 4.52. The molecule has 0 aromatic rings. The van der Waals surface area contributed by atoms with Crippen LogP contribution in [0.25, 0.3) is 0 Å². The monoisotopic (exact) mass is 192 g/mol. The van der Waals surface area contributed by atoms with Crippen LogP contribution in [-0.4, -0.2) is 44.0 Å². The summed E-state index contributed by atoms with van der Waals surface area (Å²) in [6.07, 6.45) is -0.0380. The molecule has 0 unspecified atom stereocenters. The Balaban J connectivity index is 2.06. The van der Waals surface area contributed by atoms with Crippen molar-refractivity contribution >= 4 is 0 Å². The summed E-state index contributed by atoms with van der Waals surface area (Å²) in [6.45, 7) is 4.47. The van der Waals surface area contributed by atoms with Gasteiger partial charge >= 0.3 is 0 Å². The Morgan fingerprint density at radius 2 is 2.08 bits per heavy atom. The molecule has 0 spiro atoms. The molecule has 4 heteroatoms. The molecule has 1 saturated heterocycles. The molecule has 1 heterocycles. The topological polar surface area (TPSA) is 15.3 Å². The van der Waals surface area contributed by atoms with Gasteiger partial charge < -0.3 is 10.2 Å². The van der Waals surface area contributed by atoms with Crippen LogP contribution in [0.5, 0.6) is 0 Å². The zero-order valence-corrected chi connectivity index (χ0v) is 8.32. The molecule has 0 aliphatic carbocycles. The number of alkyl halides is 2. The number of rotatable bonds is 5. The Bertz CT molecular complexity index is 152. The fraction of sp³-hybridized carbons (Fsp3) is 1.00. The molecule has 0 aromatic heterocycles. The fourth-order valence-corrected chi connectivity index (χ4v) is 1.40. The number of hydrogen-bond acceptors (Lipinski definition) is 2. The molecule has 1 N–H and O–H groups in total. The van der Waals surface area contributed by atoms with Crippen molar-refractivity contribution in [1.29, 1.82) is 0 Å². The smallest absolute Gasteiger partial charge is 0.246 e. The Labute approximate surface area is 78.3 Å². The zero-order valence-electron chi connectivity index (χ0n) is 8.32. The van der Waals surface area contributed by atoms with Crippen molar-refractivity contribution in [3.8, 4) is 0 Å². The van der Waals surface area contributed by atoms with Gasteiger partial charge in [0, 0.05) is 32.6 Å². The Hall–Kier alpha value is -0.220. The summed E-state index contributed by atoms with van der Waals surface area (Å²) >= 11 is 0. The lowest BCUT2D eigenvalue weighted by Crippen LogP contribution is -2.47. The van der Waals surface area contributed by atoms with E-state index in [-0.39, 0.29) is 6.42 Å². The molecule has 1 fully saturated rings. The molecule has 1 rings (SSSR count). The van der Waals surface area contributed by atoms with Gasteiger partial charge in [0.1, 0.15) is 0 Å². The lowest BCUT2D eigenvalue weighted by Gasteiger charge is -2.31. The van der Waals surface area contributed by atoms with Crippen molar-refractivity contribution in [3.63, 3.8) is 0 Å². The van der Waals surface area contributed by atoms with Crippen molar-refractivity contribution in [2.45, 2.75) is 19.3 Å². The van der Waals surface area contributed by atoms with E-state index in [1.807, 2.05) is 11.9 Å². The highest BCUT2D eigenvalue weighted by Gasteiger charge is 2.23. The average molecular weight is 192 g/mol. The van der Waals surface area contributed by atoms with Crippen LogP contribution in [0, 0.1) is 5.92 Å². The van der Waals surface area contributed by atoms with Gasteiger partial charge in [0.05, 0.1) is 0 Å². The summed E-state index contributed by atoms with van der Waals surface area (Å²) in [7, 11) is 1.91. The van der Waals surface area contributed by atoms with Crippen LogP contribution in [0.1, 0.15) is 13.3 Å². The van der Waals surface area contributed by atoms with Gasteiger partial charge in [0.25, 0.3) is 0 Å². The van der Waals surface area contributed by atoms with E-state index in [2.05, 4.69) is 5.32 Å². The van der Waals surface area contributed by atoms with Crippen molar-refractivity contribution < 1.29 is 8.78 Å². The van der Waals surface area contributed by atoms with E-state index in [1.54, 1.807) is 0 Å². The summed E-state index contributed by atoms with van der Waals surface area (Å²) in [4.78, 5) is 1.99.